The Morgan fingerprint density at radius 3 is 2.58 bits per heavy atom. The summed E-state index contributed by atoms with van der Waals surface area (Å²) in [5.74, 6) is 0.829. The molecular weight excluding hydrogens is 148 g/mol. The van der Waals surface area contributed by atoms with Crippen molar-refractivity contribution >= 4 is 0 Å². The number of aliphatic hydroxyl groups is 1. The molecule has 0 saturated heterocycles. The maximum atomic E-state index is 9.96. The van der Waals surface area contributed by atoms with Gasteiger partial charge in [0.2, 0.25) is 0 Å². The molecule has 12 heavy (non-hydrogen) atoms. The molecule has 0 bridgehead atoms. The van der Waals surface area contributed by atoms with Crippen LogP contribution >= 0.6 is 0 Å². The highest BCUT2D eigenvalue weighted by Gasteiger charge is 2.43. The van der Waals surface area contributed by atoms with Gasteiger partial charge in [-0.05, 0) is 37.0 Å². The summed E-state index contributed by atoms with van der Waals surface area (Å²) in [5, 5.41) is 9.96. The lowest BCUT2D eigenvalue weighted by Crippen LogP contribution is -2.44. The first-order valence-electron chi connectivity index (χ1n) is 5.41. The minimum Gasteiger partial charge on any atom is -0.393 e. The summed E-state index contributed by atoms with van der Waals surface area (Å²) in [6.07, 6.45) is 9.03. The van der Waals surface area contributed by atoms with Crippen molar-refractivity contribution in [2.24, 2.45) is 11.3 Å². The van der Waals surface area contributed by atoms with E-state index in [1.165, 1.54) is 38.5 Å². The van der Waals surface area contributed by atoms with Crippen molar-refractivity contribution in [3.05, 3.63) is 0 Å². The van der Waals surface area contributed by atoms with Crippen molar-refractivity contribution in [3.63, 3.8) is 0 Å². The van der Waals surface area contributed by atoms with E-state index in [4.69, 9.17) is 0 Å². The zero-order valence-corrected chi connectivity index (χ0v) is 8.05. The monoisotopic (exact) mass is 168 g/mol. The van der Waals surface area contributed by atoms with Gasteiger partial charge in [0.15, 0.2) is 0 Å². The smallest absolute Gasteiger partial charge is 0.0596 e. The highest BCUT2D eigenvalue weighted by Crippen LogP contribution is 2.49. The van der Waals surface area contributed by atoms with Crippen LogP contribution in [-0.2, 0) is 0 Å². The minimum atomic E-state index is -0.00319. The quantitative estimate of drug-likeness (QED) is 0.589. The van der Waals surface area contributed by atoms with E-state index in [-0.39, 0.29) is 11.5 Å². The third-order valence-electron chi connectivity index (χ3n) is 4.24. The third kappa shape index (κ3) is 1.19. The minimum absolute atomic E-state index is 0.00319. The van der Waals surface area contributed by atoms with Crippen LogP contribution in [0.25, 0.3) is 0 Å². The van der Waals surface area contributed by atoms with Crippen molar-refractivity contribution in [1.29, 1.82) is 0 Å². The molecule has 0 aromatic rings. The summed E-state index contributed by atoms with van der Waals surface area (Å²) >= 11 is 0. The fraction of sp³-hybridized carbons (Fsp3) is 1.00. The van der Waals surface area contributed by atoms with E-state index in [0.717, 1.165) is 12.3 Å². The number of aliphatic hydroxyl groups excluding tert-OH is 1. The lowest BCUT2D eigenvalue weighted by Gasteiger charge is -2.48. The van der Waals surface area contributed by atoms with Crippen LogP contribution in [-0.4, -0.2) is 11.2 Å². The van der Waals surface area contributed by atoms with E-state index >= 15 is 0 Å². The van der Waals surface area contributed by atoms with E-state index in [1.807, 2.05) is 0 Å². The Bertz CT molecular complexity index is 164. The maximum absolute atomic E-state index is 9.96. The number of rotatable bonds is 0. The summed E-state index contributed by atoms with van der Waals surface area (Å²) < 4.78 is 0. The van der Waals surface area contributed by atoms with Gasteiger partial charge in [0, 0.05) is 0 Å². The fourth-order valence-corrected chi connectivity index (χ4v) is 3.23. The second-order valence-corrected chi connectivity index (χ2v) is 4.90. The predicted molar refractivity (Wildman–Crippen MR) is 49.9 cm³/mol. The Balaban J connectivity index is 2.14. The van der Waals surface area contributed by atoms with Crippen LogP contribution in [0.1, 0.15) is 51.9 Å². The van der Waals surface area contributed by atoms with Crippen LogP contribution < -0.4 is 0 Å². The summed E-state index contributed by atoms with van der Waals surface area (Å²) in [6.45, 7) is 2.31. The maximum Gasteiger partial charge on any atom is 0.0596 e. The van der Waals surface area contributed by atoms with Gasteiger partial charge in [0.1, 0.15) is 0 Å². The lowest BCUT2D eigenvalue weighted by atomic mass is 9.59. The van der Waals surface area contributed by atoms with E-state index < -0.39 is 0 Å². The van der Waals surface area contributed by atoms with Gasteiger partial charge < -0.3 is 5.11 Å². The van der Waals surface area contributed by atoms with Gasteiger partial charge in [-0.2, -0.15) is 0 Å². The van der Waals surface area contributed by atoms with Crippen molar-refractivity contribution in [2.75, 3.05) is 0 Å². The average Bonchev–Trinajstić information content (AvgIpc) is 2.07. The van der Waals surface area contributed by atoms with Gasteiger partial charge in [-0.3, -0.25) is 0 Å². The van der Waals surface area contributed by atoms with Crippen LogP contribution in [0.2, 0.25) is 0 Å². The van der Waals surface area contributed by atoms with E-state index in [1.54, 1.807) is 0 Å². The molecule has 2 aliphatic rings. The second kappa shape index (κ2) is 3.02. The molecule has 70 valence electrons. The number of fused-ring (bicyclic) bond motifs is 1. The van der Waals surface area contributed by atoms with Crippen molar-refractivity contribution < 1.29 is 5.11 Å². The highest BCUT2D eigenvalue weighted by atomic mass is 16.3. The Hall–Kier alpha value is -0.0400. The van der Waals surface area contributed by atoms with Gasteiger partial charge in [-0.1, -0.05) is 26.2 Å². The standard InChI is InChI=1S/C11H20O/c1-11-8-3-2-5-9(11)6-4-7-10(11)12/h9-10,12H,2-8H2,1H3/t9-,10-,11+/m0/s1. The molecule has 2 fully saturated rings. The third-order valence-corrected chi connectivity index (χ3v) is 4.24. The molecule has 0 aromatic carbocycles. The van der Waals surface area contributed by atoms with E-state index in [2.05, 4.69) is 6.92 Å². The second-order valence-electron chi connectivity index (χ2n) is 4.90. The number of hydrogen-bond donors (Lipinski definition) is 1. The van der Waals surface area contributed by atoms with E-state index in [0.29, 0.717) is 0 Å². The molecule has 2 aliphatic carbocycles. The number of hydrogen-bond acceptors (Lipinski definition) is 1. The topological polar surface area (TPSA) is 20.2 Å². The SMILES string of the molecule is C[C@@]12CCCC[C@H]1CCC[C@@H]2O. The molecule has 0 unspecified atom stereocenters. The fourth-order valence-electron chi connectivity index (χ4n) is 3.23. The highest BCUT2D eigenvalue weighted by molar-refractivity contribution is 4.94. The normalized spacial score (nSPS) is 48.5. The summed E-state index contributed by atoms with van der Waals surface area (Å²) in [5.41, 5.74) is 0.288. The van der Waals surface area contributed by atoms with Gasteiger partial charge in [-0.15, -0.1) is 0 Å². The average molecular weight is 168 g/mol. The molecule has 0 aliphatic heterocycles. The molecule has 1 nitrogen and oxygen atoms in total. The predicted octanol–water partition coefficient (Wildman–Crippen LogP) is 2.73. The molecule has 2 saturated carbocycles. The summed E-state index contributed by atoms with van der Waals surface area (Å²) in [4.78, 5) is 0. The Labute approximate surface area is 75.2 Å². The Morgan fingerprint density at radius 2 is 1.83 bits per heavy atom. The van der Waals surface area contributed by atoms with Gasteiger partial charge in [0.05, 0.1) is 6.10 Å². The summed E-state index contributed by atoms with van der Waals surface area (Å²) in [7, 11) is 0. The zero-order chi connectivity index (χ0) is 8.60. The first-order valence-corrected chi connectivity index (χ1v) is 5.41. The first kappa shape index (κ1) is 8.55. The van der Waals surface area contributed by atoms with Crippen LogP contribution in [0.15, 0.2) is 0 Å². The van der Waals surface area contributed by atoms with Gasteiger partial charge in [-0.25, -0.2) is 0 Å². The zero-order valence-electron chi connectivity index (χ0n) is 8.05. The molecule has 0 amide bonds. The first-order chi connectivity index (χ1) is 5.73. The van der Waals surface area contributed by atoms with Gasteiger partial charge in [0.25, 0.3) is 0 Å². The molecule has 0 radical (unpaired) electrons. The van der Waals surface area contributed by atoms with Crippen LogP contribution in [0, 0.1) is 11.3 Å². The summed E-state index contributed by atoms with van der Waals surface area (Å²) in [6, 6.07) is 0. The molecule has 0 aromatic heterocycles. The molecule has 1 N–H and O–H groups in total. The molecule has 1 heteroatoms. The molecule has 2 rings (SSSR count). The van der Waals surface area contributed by atoms with Crippen molar-refractivity contribution in [1.82, 2.24) is 0 Å². The van der Waals surface area contributed by atoms with Crippen molar-refractivity contribution in [3.8, 4) is 0 Å². The van der Waals surface area contributed by atoms with E-state index in [9.17, 15) is 5.11 Å². The Morgan fingerprint density at radius 1 is 1.08 bits per heavy atom. The molecular formula is C11H20O. The van der Waals surface area contributed by atoms with Crippen LogP contribution in [0.5, 0.6) is 0 Å². The molecule has 3 atom stereocenters. The lowest BCUT2D eigenvalue weighted by molar-refractivity contribution is -0.0651. The largest absolute Gasteiger partial charge is 0.393 e. The molecule has 0 heterocycles. The van der Waals surface area contributed by atoms with Gasteiger partial charge >= 0.3 is 0 Å². The molecule has 0 spiro atoms. The Kier molecular flexibility index (Phi) is 2.16. The van der Waals surface area contributed by atoms with Crippen LogP contribution in [0.3, 0.4) is 0 Å². The van der Waals surface area contributed by atoms with Crippen molar-refractivity contribution in [2.45, 2.75) is 58.0 Å². The van der Waals surface area contributed by atoms with Crippen LogP contribution in [0.4, 0.5) is 0 Å².